The normalized spacial score (nSPS) is 12.6. The van der Waals surface area contributed by atoms with Crippen molar-refractivity contribution in [2.75, 3.05) is 18.6 Å². The van der Waals surface area contributed by atoms with Crippen molar-refractivity contribution >= 4 is 35.5 Å². The lowest BCUT2D eigenvalue weighted by molar-refractivity contribution is 0.0948. The van der Waals surface area contributed by atoms with Gasteiger partial charge in [-0.15, -0.1) is 0 Å². The van der Waals surface area contributed by atoms with Crippen LogP contribution in [0.15, 0.2) is 4.90 Å². The summed E-state index contributed by atoms with van der Waals surface area (Å²) in [6, 6.07) is 0. The molecular weight excluding hydrogens is 342 g/mol. The van der Waals surface area contributed by atoms with Crippen LogP contribution in [0.4, 0.5) is 0 Å². The summed E-state index contributed by atoms with van der Waals surface area (Å²) in [5.74, 6) is -1.30. The Morgan fingerprint density at radius 1 is 1.33 bits per heavy atom. The first-order chi connectivity index (χ1) is 9.43. The van der Waals surface area contributed by atoms with Crippen molar-refractivity contribution in [3.8, 4) is 0 Å². The van der Waals surface area contributed by atoms with Gasteiger partial charge in [-0.3, -0.25) is 9.89 Å². The molecule has 0 aliphatic carbocycles. The molecule has 2 N–H and O–H groups in total. The number of carbonyl (C=O) groups excluding carboxylic acids is 1. The van der Waals surface area contributed by atoms with Gasteiger partial charge >= 0.3 is 0 Å². The average molecular weight is 358 g/mol. The van der Waals surface area contributed by atoms with Crippen LogP contribution in [0.3, 0.4) is 0 Å². The Morgan fingerprint density at radius 3 is 2.33 bits per heavy atom. The second-order valence-electron chi connectivity index (χ2n) is 4.79. The van der Waals surface area contributed by atoms with Gasteiger partial charge in [0.2, 0.25) is 0 Å². The first-order valence-electron chi connectivity index (χ1n) is 5.92. The van der Waals surface area contributed by atoms with Crippen LogP contribution in [0.25, 0.3) is 0 Å². The Balaban J connectivity index is 3.06. The molecule has 0 unspecified atom stereocenters. The van der Waals surface area contributed by atoms with Crippen LogP contribution in [0, 0.1) is 0 Å². The number of hydrogen-bond donors (Lipinski definition) is 2. The van der Waals surface area contributed by atoms with Crippen LogP contribution in [-0.2, 0) is 18.9 Å². The smallest absolute Gasteiger partial charge is 0.273 e. The van der Waals surface area contributed by atoms with Gasteiger partial charge in [0.05, 0.1) is 11.4 Å². The molecule has 120 valence electrons. The van der Waals surface area contributed by atoms with Gasteiger partial charge in [-0.25, -0.2) is 16.8 Å². The highest BCUT2D eigenvalue weighted by atomic mass is 35.7. The summed E-state index contributed by atoms with van der Waals surface area (Å²) in [5.41, 5.74) is -0.152. The molecule has 0 saturated heterocycles. The van der Waals surface area contributed by atoms with Gasteiger partial charge < -0.3 is 5.32 Å². The van der Waals surface area contributed by atoms with E-state index < -0.39 is 24.8 Å². The Hall–Kier alpha value is -1.13. The second-order valence-corrected chi connectivity index (χ2v) is 9.56. The minimum atomic E-state index is -4.16. The van der Waals surface area contributed by atoms with Crippen molar-refractivity contribution in [2.45, 2.75) is 24.7 Å². The fourth-order valence-electron chi connectivity index (χ4n) is 1.57. The highest BCUT2D eigenvalue weighted by molar-refractivity contribution is 8.13. The van der Waals surface area contributed by atoms with E-state index in [1.165, 1.54) is 0 Å². The Kier molecular flexibility index (Phi) is 5.40. The first-order valence-corrected chi connectivity index (χ1v) is 10.3. The molecule has 1 amide bonds. The minimum absolute atomic E-state index is 0.149. The largest absolute Gasteiger partial charge is 0.350 e. The summed E-state index contributed by atoms with van der Waals surface area (Å²) in [5, 5.41) is 8.44. The van der Waals surface area contributed by atoms with E-state index in [-0.39, 0.29) is 34.5 Å². The number of rotatable bonds is 6. The number of H-pyrrole nitrogens is 1. The van der Waals surface area contributed by atoms with E-state index in [0.29, 0.717) is 0 Å². The number of nitrogens with zero attached hydrogens (tertiary/aromatic N) is 1. The zero-order chi connectivity index (χ0) is 16.4. The lowest BCUT2D eigenvalue weighted by atomic mass is 10.1. The van der Waals surface area contributed by atoms with Crippen molar-refractivity contribution in [3.63, 3.8) is 0 Å². The third kappa shape index (κ3) is 4.97. The molecule has 0 bridgehead atoms. The molecule has 0 aliphatic rings. The van der Waals surface area contributed by atoms with E-state index >= 15 is 0 Å². The number of aromatic amines is 1. The monoisotopic (exact) mass is 357 g/mol. The number of aromatic nitrogens is 2. The van der Waals surface area contributed by atoms with Crippen molar-refractivity contribution in [1.82, 2.24) is 15.5 Å². The van der Waals surface area contributed by atoms with Gasteiger partial charge in [0.1, 0.15) is 14.7 Å². The van der Waals surface area contributed by atoms with Gasteiger partial charge in [0.25, 0.3) is 15.0 Å². The summed E-state index contributed by atoms with van der Waals surface area (Å²) in [7, 11) is -2.06. The van der Waals surface area contributed by atoms with Crippen LogP contribution in [0.5, 0.6) is 0 Å². The van der Waals surface area contributed by atoms with E-state index in [1.54, 1.807) is 13.8 Å². The van der Waals surface area contributed by atoms with Crippen molar-refractivity contribution < 1.29 is 21.6 Å². The Morgan fingerprint density at radius 2 is 1.90 bits per heavy atom. The zero-order valence-electron chi connectivity index (χ0n) is 11.7. The molecule has 0 saturated carbocycles. The van der Waals surface area contributed by atoms with E-state index in [4.69, 9.17) is 10.7 Å². The van der Waals surface area contributed by atoms with E-state index in [9.17, 15) is 21.6 Å². The molecule has 0 spiro atoms. The number of hydrogen-bond acceptors (Lipinski definition) is 6. The van der Waals surface area contributed by atoms with Gasteiger partial charge in [0.15, 0.2) is 5.69 Å². The number of amides is 1. The number of halogens is 1. The molecule has 0 aromatic carbocycles. The molecular formula is C10H16ClN3O5S2. The summed E-state index contributed by atoms with van der Waals surface area (Å²) < 4.78 is 45.2. The maximum Gasteiger partial charge on any atom is 0.273 e. The Bertz CT molecular complexity index is 737. The molecule has 0 atom stereocenters. The lowest BCUT2D eigenvalue weighted by Crippen LogP contribution is -2.30. The SMILES string of the molecule is CC(C)c1[nH]nc(C(=O)NCCS(C)(=O)=O)c1S(=O)(=O)Cl. The third-order valence-corrected chi connectivity index (χ3v) is 4.85. The maximum atomic E-state index is 11.9. The molecule has 1 rings (SSSR count). The van der Waals surface area contributed by atoms with Gasteiger partial charge in [-0.1, -0.05) is 13.8 Å². The van der Waals surface area contributed by atoms with Crippen LogP contribution in [0.1, 0.15) is 35.9 Å². The molecule has 21 heavy (non-hydrogen) atoms. The first kappa shape index (κ1) is 17.9. The third-order valence-electron chi connectivity index (χ3n) is 2.54. The van der Waals surface area contributed by atoms with E-state index in [2.05, 4.69) is 15.5 Å². The van der Waals surface area contributed by atoms with Crippen LogP contribution in [-0.4, -0.2) is 51.5 Å². The summed E-state index contributed by atoms with van der Waals surface area (Å²) in [4.78, 5) is 11.5. The molecule has 1 aromatic heterocycles. The molecule has 1 aromatic rings. The highest BCUT2D eigenvalue weighted by Gasteiger charge is 2.29. The second kappa shape index (κ2) is 6.32. The maximum absolute atomic E-state index is 11.9. The average Bonchev–Trinajstić information content (AvgIpc) is 2.70. The fraction of sp³-hybridized carbons (Fsp3) is 0.600. The molecule has 0 fully saturated rings. The Labute approximate surface area is 127 Å². The van der Waals surface area contributed by atoms with Gasteiger partial charge in [-0.05, 0) is 5.92 Å². The standard InChI is InChI=1S/C10H16ClN3O5S2/c1-6(2)7-9(21(11,18)19)8(14-13-7)10(15)12-4-5-20(3,16)17/h6H,4-5H2,1-3H3,(H,12,15)(H,13,14). The van der Waals surface area contributed by atoms with Gasteiger partial charge in [-0.2, -0.15) is 5.10 Å². The highest BCUT2D eigenvalue weighted by Crippen LogP contribution is 2.27. The predicted octanol–water partition coefficient (Wildman–Crippen LogP) is 0.235. The summed E-state index contributed by atoms with van der Waals surface area (Å²) in [6.07, 6.45) is 1.03. The molecule has 11 heteroatoms. The van der Waals surface area contributed by atoms with Crippen molar-refractivity contribution in [1.29, 1.82) is 0 Å². The molecule has 0 aliphatic heterocycles. The van der Waals surface area contributed by atoms with E-state index in [1.807, 2.05) is 0 Å². The number of carbonyl (C=O) groups is 1. The lowest BCUT2D eigenvalue weighted by Gasteiger charge is -2.06. The molecule has 1 heterocycles. The topological polar surface area (TPSA) is 126 Å². The summed E-state index contributed by atoms with van der Waals surface area (Å²) in [6.45, 7) is 3.28. The number of sulfone groups is 1. The predicted molar refractivity (Wildman–Crippen MR) is 77.8 cm³/mol. The minimum Gasteiger partial charge on any atom is -0.350 e. The quantitative estimate of drug-likeness (QED) is 0.702. The van der Waals surface area contributed by atoms with Gasteiger partial charge in [0, 0.05) is 23.5 Å². The van der Waals surface area contributed by atoms with E-state index in [0.717, 1.165) is 6.26 Å². The molecule has 0 radical (unpaired) electrons. The molecule has 8 nitrogen and oxygen atoms in total. The van der Waals surface area contributed by atoms with Crippen LogP contribution >= 0.6 is 10.7 Å². The van der Waals surface area contributed by atoms with Crippen LogP contribution < -0.4 is 5.32 Å². The summed E-state index contributed by atoms with van der Waals surface area (Å²) >= 11 is 0. The van der Waals surface area contributed by atoms with Crippen molar-refractivity contribution in [3.05, 3.63) is 11.4 Å². The fourth-order valence-corrected chi connectivity index (χ4v) is 3.43. The van der Waals surface area contributed by atoms with Crippen molar-refractivity contribution in [2.24, 2.45) is 0 Å². The number of nitrogens with one attached hydrogen (secondary N) is 2. The van der Waals surface area contributed by atoms with Crippen LogP contribution in [0.2, 0.25) is 0 Å². The zero-order valence-corrected chi connectivity index (χ0v) is 14.1.